The van der Waals surface area contributed by atoms with Gasteiger partial charge in [0.1, 0.15) is 6.61 Å². The molecule has 1 aromatic heterocycles. The van der Waals surface area contributed by atoms with Crippen LogP contribution in [-0.2, 0) is 16.0 Å². The lowest BCUT2D eigenvalue weighted by molar-refractivity contribution is -0.125. The molecule has 1 rings (SSSR count). The Morgan fingerprint density at radius 1 is 1.71 bits per heavy atom. The van der Waals surface area contributed by atoms with Crippen LogP contribution < -0.4 is 11.1 Å². The molecule has 0 aliphatic rings. The molecule has 0 aliphatic heterocycles. The zero-order valence-corrected chi connectivity index (χ0v) is 9.98. The molecule has 1 unspecified atom stereocenters. The fourth-order valence-electron chi connectivity index (χ4n) is 1.35. The van der Waals surface area contributed by atoms with Crippen molar-refractivity contribution in [3.63, 3.8) is 0 Å². The number of rotatable bonds is 8. The summed E-state index contributed by atoms with van der Waals surface area (Å²) >= 11 is 0. The molecule has 0 saturated heterocycles. The molecular formula is C10H19N5O2. The Morgan fingerprint density at radius 3 is 3.18 bits per heavy atom. The van der Waals surface area contributed by atoms with Crippen molar-refractivity contribution >= 4 is 5.91 Å². The highest BCUT2D eigenvalue weighted by Gasteiger charge is 2.05. The second kappa shape index (κ2) is 7.75. The van der Waals surface area contributed by atoms with Gasteiger partial charge < -0.3 is 15.8 Å². The lowest BCUT2D eigenvalue weighted by Crippen LogP contribution is -2.30. The van der Waals surface area contributed by atoms with Crippen molar-refractivity contribution in [3.05, 3.63) is 11.9 Å². The summed E-state index contributed by atoms with van der Waals surface area (Å²) in [7, 11) is 1.57. The average molecular weight is 241 g/mol. The van der Waals surface area contributed by atoms with E-state index in [-0.39, 0.29) is 18.6 Å². The second-order valence-electron chi connectivity index (χ2n) is 3.80. The first-order valence-electron chi connectivity index (χ1n) is 5.61. The number of amides is 1. The highest BCUT2D eigenvalue weighted by molar-refractivity contribution is 5.76. The molecule has 7 nitrogen and oxygen atoms in total. The number of carbonyl (C=O) groups is 1. The van der Waals surface area contributed by atoms with Gasteiger partial charge in [-0.05, 0) is 19.3 Å². The van der Waals surface area contributed by atoms with Gasteiger partial charge in [-0.3, -0.25) is 4.79 Å². The fraction of sp³-hybridized carbons (Fsp3) is 0.700. The number of nitrogens with two attached hydrogens (primary N) is 1. The minimum atomic E-state index is -0.139. The van der Waals surface area contributed by atoms with Crippen molar-refractivity contribution in [1.29, 1.82) is 0 Å². The van der Waals surface area contributed by atoms with E-state index in [1.807, 2.05) is 0 Å². The molecule has 0 radical (unpaired) electrons. The maximum absolute atomic E-state index is 10.9. The number of likely N-dealkylation sites (N-methyl/N-ethyl adjacent to an activating group) is 1. The molecule has 0 bridgehead atoms. The van der Waals surface area contributed by atoms with Crippen LogP contribution in [0.25, 0.3) is 0 Å². The van der Waals surface area contributed by atoms with E-state index >= 15 is 0 Å². The highest BCUT2D eigenvalue weighted by Crippen LogP contribution is 2.01. The number of hydrogen-bond donors (Lipinski definition) is 3. The van der Waals surface area contributed by atoms with Gasteiger partial charge in [-0.1, -0.05) is 0 Å². The van der Waals surface area contributed by atoms with Crippen molar-refractivity contribution in [2.45, 2.75) is 25.3 Å². The normalized spacial score (nSPS) is 12.4. The van der Waals surface area contributed by atoms with Gasteiger partial charge >= 0.3 is 0 Å². The van der Waals surface area contributed by atoms with Gasteiger partial charge in [-0.15, -0.1) is 0 Å². The van der Waals surface area contributed by atoms with Gasteiger partial charge in [0.2, 0.25) is 5.91 Å². The number of aromatic nitrogens is 3. The van der Waals surface area contributed by atoms with Gasteiger partial charge in [-0.2, -0.15) is 15.4 Å². The van der Waals surface area contributed by atoms with Crippen LogP contribution in [-0.4, -0.2) is 47.6 Å². The van der Waals surface area contributed by atoms with Crippen LogP contribution in [0.1, 0.15) is 18.5 Å². The number of ether oxygens (including phenoxy) is 1. The van der Waals surface area contributed by atoms with Gasteiger partial charge in [-0.25, -0.2) is 0 Å². The number of carbonyl (C=O) groups excluding carboxylic acids is 1. The van der Waals surface area contributed by atoms with Crippen molar-refractivity contribution in [2.75, 3.05) is 20.3 Å². The number of nitrogens with one attached hydrogen (secondary N) is 2. The first-order valence-corrected chi connectivity index (χ1v) is 5.61. The largest absolute Gasteiger partial charge is 0.370 e. The number of hydrogen-bond acceptors (Lipinski definition) is 5. The molecule has 1 amide bonds. The molecule has 7 heteroatoms. The molecule has 0 aliphatic carbocycles. The van der Waals surface area contributed by atoms with E-state index in [9.17, 15) is 4.79 Å². The monoisotopic (exact) mass is 241 g/mol. The van der Waals surface area contributed by atoms with E-state index in [2.05, 4.69) is 20.7 Å². The lowest BCUT2D eigenvalue weighted by Gasteiger charge is -2.11. The molecule has 4 N–H and O–H groups in total. The zero-order chi connectivity index (χ0) is 12.5. The zero-order valence-electron chi connectivity index (χ0n) is 9.98. The maximum Gasteiger partial charge on any atom is 0.245 e. The molecule has 1 aromatic rings. The average Bonchev–Trinajstić information content (AvgIpc) is 2.82. The van der Waals surface area contributed by atoms with Crippen LogP contribution in [0, 0.1) is 0 Å². The van der Waals surface area contributed by atoms with Crippen LogP contribution in [0.15, 0.2) is 6.20 Å². The van der Waals surface area contributed by atoms with E-state index < -0.39 is 0 Å². The predicted molar refractivity (Wildman–Crippen MR) is 62.2 cm³/mol. The van der Waals surface area contributed by atoms with Crippen molar-refractivity contribution in [2.24, 2.45) is 5.73 Å². The Morgan fingerprint density at radius 2 is 2.53 bits per heavy atom. The standard InChI is InChI=1S/C10H19N5O2/c1-12-10(16)7-17-6-8(11)3-2-4-9-5-13-15-14-9/h5,8H,2-4,6-7,11H2,1H3,(H,12,16)(H,13,14,15). The highest BCUT2D eigenvalue weighted by atomic mass is 16.5. The van der Waals surface area contributed by atoms with E-state index in [0.717, 1.165) is 25.0 Å². The molecule has 0 spiro atoms. The summed E-state index contributed by atoms with van der Waals surface area (Å²) in [5.74, 6) is -0.139. The third kappa shape index (κ3) is 5.98. The number of aryl methyl sites for hydroxylation is 1. The summed E-state index contributed by atoms with van der Waals surface area (Å²) < 4.78 is 5.16. The Hall–Kier alpha value is -1.47. The SMILES string of the molecule is CNC(=O)COCC(N)CCCc1cn[nH]n1. The smallest absolute Gasteiger partial charge is 0.245 e. The van der Waals surface area contributed by atoms with Crippen LogP contribution in [0.3, 0.4) is 0 Å². The second-order valence-corrected chi connectivity index (χ2v) is 3.80. The quantitative estimate of drug-likeness (QED) is 0.553. The lowest BCUT2D eigenvalue weighted by atomic mass is 10.1. The molecule has 0 fully saturated rings. The fourth-order valence-corrected chi connectivity index (χ4v) is 1.35. The van der Waals surface area contributed by atoms with Gasteiger partial charge in [0.25, 0.3) is 0 Å². The van der Waals surface area contributed by atoms with E-state index in [1.165, 1.54) is 0 Å². The minimum Gasteiger partial charge on any atom is -0.370 e. The van der Waals surface area contributed by atoms with Crippen LogP contribution in [0.5, 0.6) is 0 Å². The molecule has 1 atom stereocenters. The van der Waals surface area contributed by atoms with Gasteiger partial charge in [0, 0.05) is 13.1 Å². The van der Waals surface area contributed by atoms with Crippen LogP contribution in [0.2, 0.25) is 0 Å². The molecule has 0 saturated carbocycles. The van der Waals surface area contributed by atoms with Gasteiger partial charge in [0.05, 0.1) is 18.5 Å². The third-order valence-electron chi connectivity index (χ3n) is 2.32. The number of aromatic amines is 1. The number of nitrogens with zero attached hydrogens (tertiary/aromatic N) is 2. The molecule has 1 heterocycles. The maximum atomic E-state index is 10.9. The van der Waals surface area contributed by atoms with Crippen molar-refractivity contribution in [3.8, 4) is 0 Å². The summed E-state index contributed by atoms with van der Waals surface area (Å²) in [6.45, 7) is 0.458. The molecule has 0 aromatic carbocycles. The van der Waals surface area contributed by atoms with Crippen LogP contribution in [0.4, 0.5) is 0 Å². The first kappa shape index (κ1) is 13.6. The third-order valence-corrected chi connectivity index (χ3v) is 2.32. The number of H-pyrrole nitrogens is 1. The topological polar surface area (TPSA) is 106 Å². The van der Waals surface area contributed by atoms with Crippen LogP contribution >= 0.6 is 0 Å². The Labute approximate surface area is 100 Å². The van der Waals surface area contributed by atoms with E-state index in [4.69, 9.17) is 10.5 Å². The summed E-state index contributed by atoms with van der Waals surface area (Å²) in [6, 6.07) is -0.0495. The van der Waals surface area contributed by atoms with E-state index in [0.29, 0.717) is 6.61 Å². The van der Waals surface area contributed by atoms with Gasteiger partial charge in [0.15, 0.2) is 0 Å². The molecule has 17 heavy (non-hydrogen) atoms. The van der Waals surface area contributed by atoms with E-state index in [1.54, 1.807) is 13.2 Å². The summed E-state index contributed by atoms with van der Waals surface area (Å²) in [6.07, 6.45) is 4.31. The summed E-state index contributed by atoms with van der Waals surface area (Å²) in [4.78, 5) is 10.9. The summed E-state index contributed by atoms with van der Waals surface area (Å²) in [5.41, 5.74) is 6.77. The Bertz CT molecular complexity index is 315. The minimum absolute atomic E-state index is 0.0495. The molecule has 96 valence electrons. The Kier molecular flexibility index (Phi) is 6.19. The summed E-state index contributed by atoms with van der Waals surface area (Å²) in [5, 5.41) is 12.7. The molecular weight excluding hydrogens is 222 g/mol. The first-order chi connectivity index (χ1) is 8.22. The van der Waals surface area contributed by atoms with Crippen molar-refractivity contribution < 1.29 is 9.53 Å². The predicted octanol–water partition coefficient (Wildman–Crippen LogP) is -0.783. The Balaban J connectivity index is 2.01. The van der Waals surface area contributed by atoms with Crippen molar-refractivity contribution in [1.82, 2.24) is 20.7 Å².